The van der Waals surface area contributed by atoms with Crippen LogP contribution in [0.25, 0.3) is 0 Å². The number of hydrogen-bond acceptors (Lipinski definition) is 4. The summed E-state index contributed by atoms with van der Waals surface area (Å²) in [6.07, 6.45) is 7.81. The standard InChI is InChI=1S/C15H22N4O/c1-3-9-16-15(20)13-10-14(18-11(2)17-13)19-12-7-5-4-6-8-12/h3,10,12H,1,4-9H2,2H3,(H,16,20)(H,17,18,19). The van der Waals surface area contributed by atoms with Crippen LogP contribution in [-0.4, -0.2) is 28.5 Å². The van der Waals surface area contributed by atoms with E-state index in [1.165, 1.54) is 32.1 Å². The van der Waals surface area contributed by atoms with Crippen molar-refractivity contribution in [2.45, 2.75) is 45.1 Å². The molecule has 108 valence electrons. The third-order valence-electron chi connectivity index (χ3n) is 3.43. The van der Waals surface area contributed by atoms with E-state index >= 15 is 0 Å². The van der Waals surface area contributed by atoms with Gasteiger partial charge in [0.15, 0.2) is 0 Å². The first-order valence-corrected chi connectivity index (χ1v) is 7.20. The van der Waals surface area contributed by atoms with Gasteiger partial charge in [0.05, 0.1) is 0 Å². The number of carbonyl (C=O) groups excluding carboxylic acids is 1. The lowest BCUT2D eigenvalue weighted by molar-refractivity contribution is 0.0952. The van der Waals surface area contributed by atoms with Gasteiger partial charge in [-0.25, -0.2) is 9.97 Å². The van der Waals surface area contributed by atoms with Crippen molar-refractivity contribution in [1.29, 1.82) is 0 Å². The van der Waals surface area contributed by atoms with Crippen LogP contribution in [0.5, 0.6) is 0 Å². The maximum absolute atomic E-state index is 11.9. The van der Waals surface area contributed by atoms with Gasteiger partial charge < -0.3 is 10.6 Å². The minimum atomic E-state index is -0.193. The van der Waals surface area contributed by atoms with Crippen molar-refractivity contribution in [2.75, 3.05) is 11.9 Å². The number of amides is 1. The normalized spacial score (nSPS) is 15.7. The van der Waals surface area contributed by atoms with E-state index in [1.807, 2.05) is 0 Å². The Bertz CT molecular complexity index is 481. The van der Waals surface area contributed by atoms with Gasteiger partial charge in [-0.1, -0.05) is 25.3 Å². The Morgan fingerprint density at radius 3 is 2.85 bits per heavy atom. The zero-order valence-electron chi connectivity index (χ0n) is 12.0. The van der Waals surface area contributed by atoms with Crippen LogP contribution < -0.4 is 10.6 Å². The molecule has 0 bridgehead atoms. The molecule has 0 atom stereocenters. The van der Waals surface area contributed by atoms with E-state index in [0.717, 1.165) is 5.82 Å². The summed E-state index contributed by atoms with van der Waals surface area (Å²) in [6.45, 7) is 5.82. The van der Waals surface area contributed by atoms with Crippen LogP contribution in [0.1, 0.15) is 48.4 Å². The van der Waals surface area contributed by atoms with E-state index in [2.05, 4.69) is 27.2 Å². The zero-order chi connectivity index (χ0) is 14.4. The molecule has 1 fully saturated rings. The van der Waals surface area contributed by atoms with Crippen LogP contribution in [0.15, 0.2) is 18.7 Å². The van der Waals surface area contributed by atoms with Crippen molar-refractivity contribution in [3.63, 3.8) is 0 Å². The molecule has 0 spiro atoms. The number of aromatic nitrogens is 2. The van der Waals surface area contributed by atoms with E-state index in [1.54, 1.807) is 19.1 Å². The van der Waals surface area contributed by atoms with Gasteiger partial charge in [-0.2, -0.15) is 0 Å². The fourth-order valence-corrected chi connectivity index (χ4v) is 2.47. The van der Waals surface area contributed by atoms with Crippen molar-refractivity contribution in [3.05, 3.63) is 30.2 Å². The number of nitrogens with one attached hydrogen (secondary N) is 2. The van der Waals surface area contributed by atoms with Gasteiger partial charge >= 0.3 is 0 Å². The molecule has 1 aromatic heterocycles. The second-order valence-electron chi connectivity index (χ2n) is 5.16. The number of nitrogens with zero attached hydrogens (tertiary/aromatic N) is 2. The zero-order valence-corrected chi connectivity index (χ0v) is 12.0. The summed E-state index contributed by atoms with van der Waals surface area (Å²) in [5.74, 6) is 1.16. The molecule has 1 amide bonds. The molecular formula is C15H22N4O. The Balaban J connectivity index is 2.07. The molecule has 0 saturated heterocycles. The molecule has 0 aliphatic heterocycles. The van der Waals surface area contributed by atoms with Crippen molar-refractivity contribution in [2.24, 2.45) is 0 Å². The third-order valence-corrected chi connectivity index (χ3v) is 3.43. The minimum Gasteiger partial charge on any atom is -0.367 e. The highest BCUT2D eigenvalue weighted by atomic mass is 16.1. The molecule has 0 unspecified atom stereocenters. The molecule has 1 heterocycles. The predicted octanol–water partition coefficient (Wildman–Crippen LogP) is 2.45. The molecule has 20 heavy (non-hydrogen) atoms. The molecule has 5 heteroatoms. The van der Waals surface area contributed by atoms with Gasteiger partial charge in [-0.15, -0.1) is 6.58 Å². The van der Waals surface area contributed by atoms with Gasteiger partial charge in [-0.05, 0) is 19.8 Å². The van der Waals surface area contributed by atoms with Crippen LogP contribution in [0.4, 0.5) is 5.82 Å². The van der Waals surface area contributed by atoms with Gasteiger partial charge in [0.1, 0.15) is 17.3 Å². The Morgan fingerprint density at radius 1 is 1.40 bits per heavy atom. The molecule has 2 rings (SSSR count). The van der Waals surface area contributed by atoms with Crippen LogP contribution in [-0.2, 0) is 0 Å². The maximum Gasteiger partial charge on any atom is 0.270 e. The van der Waals surface area contributed by atoms with Crippen LogP contribution in [0.3, 0.4) is 0 Å². The monoisotopic (exact) mass is 274 g/mol. The first-order valence-electron chi connectivity index (χ1n) is 7.20. The minimum absolute atomic E-state index is 0.193. The van der Waals surface area contributed by atoms with E-state index in [9.17, 15) is 4.79 Å². The number of carbonyl (C=O) groups is 1. The van der Waals surface area contributed by atoms with Crippen molar-refractivity contribution in [3.8, 4) is 0 Å². The lowest BCUT2D eigenvalue weighted by atomic mass is 9.95. The third kappa shape index (κ3) is 4.05. The quantitative estimate of drug-likeness (QED) is 0.809. The summed E-state index contributed by atoms with van der Waals surface area (Å²) in [5, 5.41) is 6.15. The molecule has 1 aromatic rings. The summed E-state index contributed by atoms with van der Waals surface area (Å²) in [4.78, 5) is 20.5. The molecule has 0 aromatic carbocycles. The van der Waals surface area contributed by atoms with Gasteiger partial charge in [-0.3, -0.25) is 4.79 Å². The highest BCUT2D eigenvalue weighted by Gasteiger charge is 2.15. The van der Waals surface area contributed by atoms with Crippen molar-refractivity contribution >= 4 is 11.7 Å². The maximum atomic E-state index is 11.9. The number of hydrogen-bond donors (Lipinski definition) is 2. The van der Waals surface area contributed by atoms with E-state index in [-0.39, 0.29) is 5.91 Å². The lowest BCUT2D eigenvalue weighted by Gasteiger charge is -2.23. The smallest absolute Gasteiger partial charge is 0.270 e. The molecular weight excluding hydrogens is 252 g/mol. The van der Waals surface area contributed by atoms with Crippen LogP contribution >= 0.6 is 0 Å². The first kappa shape index (κ1) is 14.5. The molecule has 1 aliphatic rings. The number of aryl methyl sites for hydroxylation is 1. The molecule has 1 saturated carbocycles. The highest BCUT2D eigenvalue weighted by Crippen LogP contribution is 2.21. The van der Waals surface area contributed by atoms with E-state index in [0.29, 0.717) is 24.1 Å². The lowest BCUT2D eigenvalue weighted by Crippen LogP contribution is -2.26. The van der Waals surface area contributed by atoms with E-state index < -0.39 is 0 Å². The Kier molecular flexibility index (Phi) is 5.09. The fourth-order valence-electron chi connectivity index (χ4n) is 2.47. The van der Waals surface area contributed by atoms with Gasteiger partial charge in [0, 0.05) is 18.7 Å². The number of anilines is 1. The number of rotatable bonds is 5. The average molecular weight is 274 g/mol. The fraction of sp³-hybridized carbons (Fsp3) is 0.533. The topological polar surface area (TPSA) is 66.9 Å². The Hall–Kier alpha value is -1.91. The van der Waals surface area contributed by atoms with Crippen molar-refractivity contribution in [1.82, 2.24) is 15.3 Å². The summed E-state index contributed by atoms with van der Waals surface area (Å²) >= 11 is 0. The molecule has 1 aliphatic carbocycles. The van der Waals surface area contributed by atoms with Gasteiger partial charge in [0.2, 0.25) is 0 Å². The molecule has 2 N–H and O–H groups in total. The SMILES string of the molecule is C=CCNC(=O)c1cc(NC2CCCCC2)nc(C)n1. The summed E-state index contributed by atoms with van der Waals surface area (Å²) in [7, 11) is 0. The summed E-state index contributed by atoms with van der Waals surface area (Å²) < 4.78 is 0. The first-order chi connectivity index (χ1) is 9.69. The molecule has 0 radical (unpaired) electrons. The second-order valence-corrected chi connectivity index (χ2v) is 5.16. The Labute approximate surface area is 119 Å². The summed E-state index contributed by atoms with van der Waals surface area (Å²) in [6, 6.07) is 2.18. The Morgan fingerprint density at radius 2 is 2.15 bits per heavy atom. The largest absolute Gasteiger partial charge is 0.367 e. The van der Waals surface area contributed by atoms with E-state index in [4.69, 9.17) is 0 Å². The van der Waals surface area contributed by atoms with Crippen LogP contribution in [0, 0.1) is 6.92 Å². The van der Waals surface area contributed by atoms with Crippen molar-refractivity contribution < 1.29 is 4.79 Å². The molecule has 5 nitrogen and oxygen atoms in total. The summed E-state index contributed by atoms with van der Waals surface area (Å²) in [5.41, 5.74) is 0.401. The van der Waals surface area contributed by atoms with Crippen LogP contribution in [0.2, 0.25) is 0 Å². The predicted molar refractivity (Wildman–Crippen MR) is 79.8 cm³/mol. The van der Waals surface area contributed by atoms with Gasteiger partial charge in [0.25, 0.3) is 5.91 Å². The highest BCUT2D eigenvalue weighted by molar-refractivity contribution is 5.93. The average Bonchev–Trinajstić information content (AvgIpc) is 2.45. The second kappa shape index (κ2) is 7.03.